The van der Waals surface area contributed by atoms with Gasteiger partial charge in [-0.05, 0) is 24.3 Å². The third kappa shape index (κ3) is 1.83. The lowest BCUT2D eigenvalue weighted by Gasteiger charge is -2.27. The Morgan fingerprint density at radius 1 is 1.44 bits per heavy atom. The molecule has 1 aliphatic heterocycles. The van der Waals surface area contributed by atoms with Crippen LogP contribution in [-0.4, -0.2) is 23.7 Å². The third-order valence-corrected chi connectivity index (χ3v) is 2.74. The van der Waals surface area contributed by atoms with E-state index in [4.69, 9.17) is 5.73 Å². The summed E-state index contributed by atoms with van der Waals surface area (Å²) in [6.07, 6.45) is 1.29. The molecule has 54 valence electrons. The van der Waals surface area contributed by atoms with Crippen LogP contribution < -0.4 is 5.73 Å². The minimum Gasteiger partial charge on any atom is -0.328 e. The van der Waals surface area contributed by atoms with E-state index in [1.54, 1.807) is 0 Å². The van der Waals surface area contributed by atoms with Gasteiger partial charge in [-0.3, -0.25) is 0 Å². The van der Waals surface area contributed by atoms with Gasteiger partial charge in [-0.25, -0.2) is 4.39 Å². The molecule has 0 radical (unpaired) electrons. The smallest absolute Gasteiger partial charge is 0.124 e. The van der Waals surface area contributed by atoms with Crippen molar-refractivity contribution in [3.8, 4) is 0 Å². The highest BCUT2D eigenvalue weighted by Gasteiger charge is 2.29. The molecule has 0 aromatic carbocycles. The van der Waals surface area contributed by atoms with Crippen molar-refractivity contribution < 1.29 is 4.39 Å². The fraction of sp³-hybridized carbons (Fsp3) is 1.00. The van der Waals surface area contributed by atoms with Gasteiger partial charge in [-0.1, -0.05) is 0 Å². The molecule has 1 aliphatic rings. The highest BCUT2D eigenvalue weighted by molar-refractivity contribution is 7.99. The number of halogens is 1. The van der Waals surface area contributed by atoms with Crippen LogP contribution in [0.2, 0.25) is 0 Å². The van der Waals surface area contributed by atoms with E-state index in [-0.39, 0.29) is 6.54 Å². The van der Waals surface area contributed by atoms with Crippen LogP contribution in [0.1, 0.15) is 12.8 Å². The minimum atomic E-state index is -1.02. The Morgan fingerprint density at radius 2 is 2.00 bits per heavy atom. The van der Waals surface area contributed by atoms with Gasteiger partial charge in [-0.2, -0.15) is 11.8 Å². The lowest BCUT2D eigenvalue weighted by atomic mass is 10.00. The largest absolute Gasteiger partial charge is 0.328 e. The number of hydrogen-bond acceptors (Lipinski definition) is 2. The van der Waals surface area contributed by atoms with Crippen molar-refractivity contribution in [3.63, 3.8) is 0 Å². The molecule has 1 heterocycles. The van der Waals surface area contributed by atoms with Crippen molar-refractivity contribution in [2.75, 3.05) is 18.1 Å². The fourth-order valence-electron chi connectivity index (χ4n) is 0.941. The van der Waals surface area contributed by atoms with Crippen LogP contribution in [0.25, 0.3) is 0 Å². The molecular weight excluding hydrogens is 137 g/mol. The summed E-state index contributed by atoms with van der Waals surface area (Å²) in [5.41, 5.74) is 4.23. The fourth-order valence-corrected chi connectivity index (χ4v) is 2.17. The average molecular weight is 149 g/mol. The first-order valence-electron chi connectivity index (χ1n) is 3.24. The first-order chi connectivity index (χ1) is 4.27. The highest BCUT2D eigenvalue weighted by Crippen LogP contribution is 2.29. The summed E-state index contributed by atoms with van der Waals surface area (Å²) in [5.74, 6) is 1.88. The Bertz CT molecular complexity index is 91.1. The van der Waals surface area contributed by atoms with Gasteiger partial charge in [0, 0.05) is 6.54 Å². The quantitative estimate of drug-likeness (QED) is 0.606. The zero-order valence-corrected chi connectivity index (χ0v) is 6.22. The summed E-state index contributed by atoms with van der Waals surface area (Å²) < 4.78 is 13.2. The van der Waals surface area contributed by atoms with Crippen molar-refractivity contribution in [1.29, 1.82) is 0 Å². The molecule has 1 rings (SSSR count). The SMILES string of the molecule is NCC1(F)CCSCC1. The van der Waals surface area contributed by atoms with Crippen LogP contribution in [0, 0.1) is 0 Å². The highest BCUT2D eigenvalue weighted by atomic mass is 32.2. The van der Waals surface area contributed by atoms with Crippen molar-refractivity contribution >= 4 is 11.8 Å². The lowest BCUT2D eigenvalue weighted by molar-refractivity contribution is 0.161. The maximum absolute atomic E-state index is 13.2. The summed E-state index contributed by atoms with van der Waals surface area (Å²) in [6.45, 7) is 0.202. The number of nitrogens with two attached hydrogens (primary N) is 1. The molecule has 0 unspecified atom stereocenters. The summed E-state index contributed by atoms with van der Waals surface area (Å²) in [6, 6.07) is 0. The molecule has 0 bridgehead atoms. The van der Waals surface area contributed by atoms with E-state index in [1.807, 2.05) is 11.8 Å². The van der Waals surface area contributed by atoms with Gasteiger partial charge in [0.05, 0.1) is 0 Å². The normalized spacial score (nSPS) is 26.0. The van der Waals surface area contributed by atoms with E-state index in [1.165, 1.54) is 0 Å². The molecule has 0 spiro atoms. The van der Waals surface area contributed by atoms with E-state index in [0.29, 0.717) is 12.8 Å². The molecule has 1 fully saturated rings. The number of rotatable bonds is 1. The zero-order chi connectivity index (χ0) is 6.74. The molecule has 0 saturated carbocycles. The molecule has 0 aromatic heterocycles. The van der Waals surface area contributed by atoms with Crippen LogP contribution in [0.15, 0.2) is 0 Å². The second-order valence-electron chi connectivity index (χ2n) is 2.47. The predicted molar refractivity (Wildman–Crippen MR) is 39.5 cm³/mol. The van der Waals surface area contributed by atoms with Crippen LogP contribution in [-0.2, 0) is 0 Å². The van der Waals surface area contributed by atoms with Gasteiger partial charge in [0.1, 0.15) is 5.67 Å². The molecule has 3 heteroatoms. The molecule has 0 aliphatic carbocycles. The van der Waals surface area contributed by atoms with E-state index in [2.05, 4.69) is 0 Å². The van der Waals surface area contributed by atoms with Gasteiger partial charge in [0.15, 0.2) is 0 Å². The Labute approximate surface area is 59.2 Å². The monoisotopic (exact) mass is 149 g/mol. The molecule has 9 heavy (non-hydrogen) atoms. The average Bonchev–Trinajstić information content (AvgIpc) is 1.90. The Kier molecular flexibility index (Phi) is 2.35. The van der Waals surface area contributed by atoms with Gasteiger partial charge < -0.3 is 5.73 Å². The standard InChI is InChI=1S/C6H12FNS/c7-6(5-8)1-3-9-4-2-6/h1-5,8H2. The van der Waals surface area contributed by atoms with E-state index >= 15 is 0 Å². The van der Waals surface area contributed by atoms with Crippen LogP contribution in [0.5, 0.6) is 0 Å². The topological polar surface area (TPSA) is 26.0 Å². The van der Waals surface area contributed by atoms with E-state index < -0.39 is 5.67 Å². The van der Waals surface area contributed by atoms with Crippen molar-refractivity contribution in [3.05, 3.63) is 0 Å². The van der Waals surface area contributed by atoms with Gasteiger partial charge in [0.2, 0.25) is 0 Å². The van der Waals surface area contributed by atoms with Crippen molar-refractivity contribution in [2.45, 2.75) is 18.5 Å². The Morgan fingerprint density at radius 3 is 2.33 bits per heavy atom. The molecule has 0 aromatic rings. The first-order valence-corrected chi connectivity index (χ1v) is 4.39. The number of hydrogen-bond donors (Lipinski definition) is 1. The minimum absolute atomic E-state index is 0.202. The molecule has 1 nitrogen and oxygen atoms in total. The summed E-state index contributed by atoms with van der Waals surface area (Å²) in [4.78, 5) is 0. The van der Waals surface area contributed by atoms with Gasteiger partial charge >= 0.3 is 0 Å². The summed E-state index contributed by atoms with van der Waals surface area (Å²) in [7, 11) is 0. The van der Waals surface area contributed by atoms with E-state index in [9.17, 15) is 4.39 Å². The molecule has 0 amide bonds. The summed E-state index contributed by atoms with van der Waals surface area (Å²) in [5, 5.41) is 0. The second-order valence-corrected chi connectivity index (χ2v) is 3.69. The lowest BCUT2D eigenvalue weighted by Crippen LogP contribution is -2.36. The van der Waals surface area contributed by atoms with Crippen LogP contribution >= 0.6 is 11.8 Å². The first kappa shape index (κ1) is 7.35. The van der Waals surface area contributed by atoms with E-state index in [0.717, 1.165) is 11.5 Å². The zero-order valence-electron chi connectivity index (χ0n) is 5.40. The summed E-state index contributed by atoms with van der Waals surface area (Å²) >= 11 is 1.82. The third-order valence-electron chi connectivity index (χ3n) is 1.75. The van der Waals surface area contributed by atoms with Gasteiger partial charge in [0.25, 0.3) is 0 Å². The Hall–Kier alpha value is 0.240. The molecule has 2 N–H and O–H groups in total. The molecular formula is C6H12FNS. The predicted octanol–water partition coefficient (Wildman–Crippen LogP) is 1.18. The number of alkyl halides is 1. The maximum Gasteiger partial charge on any atom is 0.124 e. The molecule has 0 atom stereocenters. The number of thioether (sulfide) groups is 1. The van der Waals surface area contributed by atoms with Crippen molar-refractivity contribution in [2.24, 2.45) is 5.73 Å². The maximum atomic E-state index is 13.2. The molecule has 1 saturated heterocycles. The van der Waals surface area contributed by atoms with Crippen LogP contribution in [0.4, 0.5) is 4.39 Å². The van der Waals surface area contributed by atoms with Crippen molar-refractivity contribution in [1.82, 2.24) is 0 Å². The van der Waals surface area contributed by atoms with Gasteiger partial charge in [-0.15, -0.1) is 0 Å². The van der Waals surface area contributed by atoms with Crippen LogP contribution in [0.3, 0.4) is 0 Å². The second kappa shape index (κ2) is 2.88. The Balaban J connectivity index is 2.37.